The first-order chi connectivity index (χ1) is 16.3. The molecule has 0 aliphatic carbocycles. The molecule has 10 heteroatoms. The number of non-ortho nitro benzene ring substituents is 1. The third-order valence-electron chi connectivity index (χ3n) is 6.06. The Balaban J connectivity index is 1.55. The molecule has 1 N–H and O–H groups in total. The maximum atomic E-state index is 13.1. The number of carbonyl (C=O) groups excluding carboxylic acids is 3. The molecule has 0 bridgehead atoms. The standard InChI is InChI=1S/C24H26N4O6/c1-16-13-22(29)25-19-7-3-4-8-21(19)27(16)23(30)15-34-24(31)18-14-17(28(32)33)9-10-20(18)26-11-5-2-6-12-26/h3-4,7-10,14,16H,2,5-6,11-13,15H2,1H3,(H,25,29). The van der Waals surface area contributed by atoms with Gasteiger partial charge in [-0.1, -0.05) is 12.1 Å². The monoisotopic (exact) mass is 466 g/mol. The number of piperidine rings is 1. The third kappa shape index (κ3) is 4.85. The summed E-state index contributed by atoms with van der Waals surface area (Å²) < 4.78 is 5.36. The summed E-state index contributed by atoms with van der Waals surface area (Å²) in [6.07, 6.45) is 3.11. The van der Waals surface area contributed by atoms with Crippen LogP contribution in [0.4, 0.5) is 22.7 Å². The average Bonchev–Trinajstić information content (AvgIpc) is 2.96. The molecule has 0 saturated carbocycles. The van der Waals surface area contributed by atoms with E-state index in [9.17, 15) is 24.5 Å². The van der Waals surface area contributed by atoms with E-state index >= 15 is 0 Å². The minimum absolute atomic E-state index is 0.0602. The first-order valence-electron chi connectivity index (χ1n) is 11.3. The number of carbonyl (C=O) groups is 3. The highest BCUT2D eigenvalue weighted by Crippen LogP contribution is 2.32. The molecule has 1 saturated heterocycles. The molecule has 178 valence electrons. The Morgan fingerprint density at radius 1 is 1.12 bits per heavy atom. The summed E-state index contributed by atoms with van der Waals surface area (Å²) in [5, 5.41) is 14.1. The van der Waals surface area contributed by atoms with E-state index in [4.69, 9.17) is 4.74 Å². The summed E-state index contributed by atoms with van der Waals surface area (Å²) in [6.45, 7) is 2.66. The Kier molecular flexibility index (Phi) is 6.76. The van der Waals surface area contributed by atoms with Gasteiger partial charge in [-0.25, -0.2) is 4.79 Å². The molecule has 2 aromatic rings. The smallest absolute Gasteiger partial charge is 0.341 e. The third-order valence-corrected chi connectivity index (χ3v) is 6.06. The Morgan fingerprint density at radius 2 is 1.85 bits per heavy atom. The number of ether oxygens (including phenoxy) is 1. The molecule has 0 aromatic heterocycles. The van der Waals surface area contributed by atoms with Gasteiger partial charge in [0.05, 0.1) is 27.5 Å². The lowest BCUT2D eigenvalue weighted by Gasteiger charge is -2.30. The number of benzene rings is 2. The Morgan fingerprint density at radius 3 is 2.59 bits per heavy atom. The van der Waals surface area contributed by atoms with E-state index < -0.39 is 29.4 Å². The Hall–Kier alpha value is -3.95. The number of hydrogen-bond donors (Lipinski definition) is 1. The number of para-hydroxylation sites is 2. The van der Waals surface area contributed by atoms with E-state index in [0.29, 0.717) is 17.1 Å². The van der Waals surface area contributed by atoms with Gasteiger partial charge in [0.1, 0.15) is 0 Å². The van der Waals surface area contributed by atoms with Crippen LogP contribution in [0.15, 0.2) is 42.5 Å². The average molecular weight is 466 g/mol. The van der Waals surface area contributed by atoms with Crippen molar-refractivity contribution in [1.29, 1.82) is 0 Å². The molecule has 1 fully saturated rings. The number of fused-ring (bicyclic) bond motifs is 1. The molecule has 34 heavy (non-hydrogen) atoms. The van der Waals surface area contributed by atoms with Crippen molar-refractivity contribution < 1.29 is 24.0 Å². The van der Waals surface area contributed by atoms with Gasteiger partial charge in [0.15, 0.2) is 6.61 Å². The molecule has 1 unspecified atom stereocenters. The summed E-state index contributed by atoms with van der Waals surface area (Å²) in [4.78, 5) is 52.5. The molecule has 1 atom stereocenters. The van der Waals surface area contributed by atoms with Crippen molar-refractivity contribution >= 4 is 40.5 Å². The second-order valence-electron chi connectivity index (χ2n) is 8.46. The van der Waals surface area contributed by atoms with Crippen LogP contribution in [-0.2, 0) is 14.3 Å². The molecule has 2 amide bonds. The van der Waals surface area contributed by atoms with Crippen LogP contribution in [0.2, 0.25) is 0 Å². The van der Waals surface area contributed by atoms with Gasteiger partial charge in [0, 0.05) is 37.7 Å². The topological polar surface area (TPSA) is 122 Å². The maximum absolute atomic E-state index is 13.1. The Bertz CT molecular complexity index is 1130. The molecule has 10 nitrogen and oxygen atoms in total. The minimum Gasteiger partial charge on any atom is -0.452 e. The number of anilines is 3. The number of hydrogen-bond acceptors (Lipinski definition) is 7. The lowest BCUT2D eigenvalue weighted by atomic mass is 10.1. The van der Waals surface area contributed by atoms with E-state index in [2.05, 4.69) is 5.32 Å². The number of nitrogens with zero attached hydrogens (tertiary/aromatic N) is 3. The fourth-order valence-electron chi connectivity index (χ4n) is 4.45. The molecule has 2 aliphatic rings. The quantitative estimate of drug-likeness (QED) is 0.406. The summed E-state index contributed by atoms with van der Waals surface area (Å²) in [7, 11) is 0. The predicted octanol–water partition coefficient (Wildman–Crippen LogP) is 3.51. The van der Waals surface area contributed by atoms with E-state index in [0.717, 1.165) is 32.4 Å². The second-order valence-corrected chi connectivity index (χ2v) is 8.46. The minimum atomic E-state index is -0.803. The molecule has 4 rings (SSSR count). The SMILES string of the molecule is CC1CC(=O)Nc2ccccc2N1C(=O)COC(=O)c1cc([N+](=O)[O-])ccc1N1CCCCC1. The molecule has 0 spiro atoms. The zero-order valence-corrected chi connectivity index (χ0v) is 18.9. The normalized spacial score (nSPS) is 17.9. The first-order valence-corrected chi connectivity index (χ1v) is 11.3. The van der Waals surface area contributed by atoms with Crippen LogP contribution in [0.1, 0.15) is 43.0 Å². The van der Waals surface area contributed by atoms with Crippen molar-refractivity contribution in [1.82, 2.24) is 0 Å². The van der Waals surface area contributed by atoms with Crippen LogP contribution in [0, 0.1) is 10.1 Å². The Labute approximate surface area is 196 Å². The number of rotatable bonds is 5. The zero-order valence-electron chi connectivity index (χ0n) is 18.9. The van der Waals surface area contributed by atoms with Crippen molar-refractivity contribution in [3.8, 4) is 0 Å². The van der Waals surface area contributed by atoms with Gasteiger partial charge in [0.25, 0.3) is 11.6 Å². The zero-order chi connectivity index (χ0) is 24.2. The van der Waals surface area contributed by atoms with Crippen LogP contribution in [0.5, 0.6) is 0 Å². The van der Waals surface area contributed by atoms with E-state index in [1.807, 2.05) is 4.90 Å². The molecule has 2 heterocycles. The van der Waals surface area contributed by atoms with Gasteiger partial charge < -0.3 is 19.9 Å². The van der Waals surface area contributed by atoms with E-state index in [-0.39, 0.29) is 23.6 Å². The summed E-state index contributed by atoms with van der Waals surface area (Å²) in [6, 6.07) is 10.6. The highest BCUT2D eigenvalue weighted by molar-refractivity contribution is 6.05. The highest BCUT2D eigenvalue weighted by Gasteiger charge is 2.31. The van der Waals surface area contributed by atoms with Crippen molar-refractivity contribution in [2.45, 2.75) is 38.6 Å². The van der Waals surface area contributed by atoms with Crippen LogP contribution in [0.3, 0.4) is 0 Å². The van der Waals surface area contributed by atoms with Crippen molar-refractivity contribution in [3.63, 3.8) is 0 Å². The van der Waals surface area contributed by atoms with Crippen molar-refractivity contribution in [2.24, 2.45) is 0 Å². The van der Waals surface area contributed by atoms with Gasteiger partial charge in [-0.2, -0.15) is 0 Å². The van der Waals surface area contributed by atoms with Gasteiger partial charge in [-0.15, -0.1) is 0 Å². The van der Waals surface area contributed by atoms with Gasteiger partial charge in [-0.05, 0) is 44.4 Å². The molecule has 2 aromatic carbocycles. The van der Waals surface area contributed by atoms with Crippen LogP contribution in [-0.4, -0.2) is 48.4 Å². The second kappa shape index (κ2) is 9.90. The van der Waals surface area contributed by atoms with Crippen molar-refractivity contribution in [2.75, 3.05) is 34.8 Å². The fraction of sp³-hybridized carbons (Fsp3) is 0.375. The van der Waals surface area contributed by atoms with Crippen LogP contribution in [0.25, 0.3) is 0 Å². The highest BCUT2D eigenvalue weighted by atomic mass is 16.6. The van der Waals surface area contributed by atoms with Crippen molar-refractivity contribution in [3.05, 3.63) is 58.1 Å². The number of nitro benzene ring substituents is 1. The molecular weight excluding hydrogens is 440 g/mol. The molecule has 0 radical (unpaired) electrons. The number of nitrogens with one attached hydrogen (secondary N) is 1. The largest absolute Gasteiger partial charge is 0.452 e. The lowest BCUT2D eigenvalue weighted by molar-refractivity contribution is -0.384. The number of esters is 1. The van der Waals surface area contributed by atoms with E-state index in [1.165, 1.54) is 17.0 Å². The lowest BCUT2D eigenvalue weighted by Crippen LogP contribution is -2.41. The fourth-order valence-corrected chi connectivity index (χ4v) is 4.45. The number of nitro groups is 1. The number of amides is 2. The van der Waals surface area contributed by atoms with Gasteiger partial charge in [-0.3, -0.25) is 19.7 Å². The summed E-state index contributed by atoms with van der Waals surface area (Å²) >= 11 is 0. The summed E-state index contributed by atoms with van der Waals surface area (Å²) in [5.74, 6) is -1.51. The van der Waals surface area contributed by atoms with Gasteiger partial charge in [0.2, 0.25) is 5.91 Å². The maximum Gasteiger partial charge on any atom is 0.341 e. The first kappa shape index (κ1) is 23.2. The van der Waals surface area contributed by atoms with Gasteiger partial charge >= 0.3 is 5.97 Å². The summed E-state index contributed by atoms with van der Waals surface area (Å²) in [5.41, 5.74) is 1.42. The van der Waals surface area contributed by atoms with E-state index in [1.54, 1.807) is 37.3 Å². The molecular formula is C24H26N4O6. The van der Waals surface area contributed by atoms with Crippen LogP contribution < -0.4 is 15.1 Å². The molecule has 2 aliphatic heterocycles. The van der Waals surface area contributed by atoms with Crippen LogP contribution >= 0.6 is 0 Å². The predicted molar refractivity (Wildman–Crippen MR) is 126 cm³/mol.